The lowest BCUT2D eigenvalue weighted by molar-refractivity contribution is -0.125. The van der Waals surface area contributed by atoms with Gasteiger partial charge in [-0.3, -0.25) is 28.9 Å². The van der Waals surface area contributed by atoms with Gasteiger partial charge in [0.2, 0.25) is 17.6 Å². The Kier molecular flexibility index (Phi) is 8.47. The van der Waals surface area contributed by atoms with Gasteiger partial charge in [-0.15, -0.1) is 23.2 Å². The zero-order chi connectivity index (χ0) is 41.2. The highest BCUT2D eigenvalue weighted by Gasteiger charge is 2.77. The van der Waals surface area contributed by atoms with Gasteiger partial charge >= 0.3 is 0 Å². The van der Waals surface area contributed by atoms with Gasteiger partial charge in [0.1, 0.15) is 11.4 Å². The Bertz CT molecular complexity index is 2700. The monoisotopic (exact) mass is 830 g/mol. The zero-order valence-corrected chi connectivity index (χ0v) is 31.0. The van der Waals surface area contributed by atoms with Crippen molar-refractivity contribution < 1.29 is 51.0 Å². The van der Waals surface area contributed by atoms with Crippen LogP contribution in [0.3, 0.4) is 0 Å². The van der Waals surface area contributed by atoms with Crippen LogP contribution in [0.25, 0.3) is 10.8 Å². The molecule has 6 unspecified atom stereocenters. The van der Waals surface area contributed by atoms with Crippen LogP contribution in [0, 0.1) is 46.8 Å². The normalized spacial score (nSPS) is 26.5. The Morgan fingerprint density at radius 3 is 1.95 bits per heavy atom. The van der Waals surface area contributed by atoms with Crippen LogP contribution in [-0.4, -0.2) is 44.3 Å². The summed E-state index contributed by atoms with van der Waals surface area (Å²) in [4.78, 5) is 66.0. The number of anilines is 2. The fourth-order valence-electron chi connectivity index (χ4n) is 9.19. The number of ketones is 1. The van der Waals surface area contributed by atoms with Crippen molar-refractivity contribution in [2.24, 2.45) is 17.8 Å². The minimum atomic E-state index is -2.80. The molecule has 3 fully saturated rings. The van der Waals surface area contributed by atoms with Crippen LogP contribution >= 0.6 is 23.2 Å². The lowest BCUT2D eigenvalue weighted by Gasteiger charge is -2.50. The maximum atomic E-state index is 15.4. The maximum absolute atomic E-state index is 15.4. The van der Waals surface area contributed by atoms with E-state index in [2.05, 4.69) is 0 Å². The van der Waals surface area contributed by atoms with Gasteiger partial charge in [0, 0.05) is 28.0 Å². The molecule has 8 nitrogen and oxygen atoms in total. The molecule has 15 heteroatoms. The summed E-state index contributed by atoms with van der Waals surface area (Å²) in [6.07, 6.45) is 0.739. The lowest BCUT2D eigenvalue weighted by atomic mass is 9.56. The van der Waals surface area contributed by atoms with Crippen molar-refractivity contribution in [2.75, 3.05) is 9.80 Å². The predicted molar refractivity (Wildman–Crippen MR) is 201 cm³/mol. The van der Waals surface area contributed by atoms with Crippen molar-refractivity contribution >= 4 is 74.8 Å². The summed E-state index contributed by atoms with van der Waals surface area (Å²) in [5.74, 6) is -22.9. The summed E-state index contributed by atoms with van der Waals surface area (Å²) in [7, 11) is 0. The van der Waals surface area contributed by atoms with E-state index in [0.717, 1.165) is 4.90 Å². The van der Waals surface area contributed by atoms with E-state index >= 15 is 8.78 Å². The minimum Gasteiger partial charge on any atom is -0.507 e. The number of alkyl halides is 2. The molecule has 58 heavy (non-hydrogen) atoms. The summed E-state index contributed by atoms with van der Waals surface area (Å²) in [6.45, 7) is 0. The van der Waals surface area contributed by atoms with Gasteiger partial charge in [-0.05, 0) is 48.4 Å². The Morgan fingerprint density at radius 2 is 1.28 bits per heavy atom. The molecule has 0 bridgehead atoms. The minimum absolute atomic E-state index is 0.0964. The number of aromatic hydroxyl groups is 1. The van der Waals surface area contributed by atoms with E-state index < -0.39 is 104 Å². The first-order chi connectivity index (χ1) is 27.6. The second kappa shape index (κ2) is 13.0. The molecule has 2 heterocycles. The first-order valence-electron chi connectivity index (χ1n) is 17.9. The average molecular weight is 832 g/mol. The molecule has 4 amide bonds. The van der Waals surface area contributed by atoms with Crippen LogP contribution in [0.4, 0.5) is 33.3 Å². The first-order valence-corrected chi connectivity index (χ1v) is 18.7. The lowest BCUT2D eigenvalue weighted by Crippen LogP contribution is -2.60. The number of fused-ring (bicyclic) bond motifs is 5. The predicted octanol–water partition coefficient (Wildman–Crippen LogP) is 8.24. The van der Waals surface area contributed by atoms with Crippen molar-refractivity contribution in [1.82, 2.24) is 0 Å². The number of halogens is 7. The average Bonchev–Trinajstić information content (AvgIpc) is 3.57. The molecule has 5 aromatic carbocycles. The molecule has 2 saturated heterocycles. The number of nitrogens with zero attached hydrogens (tertiary/aromatic N) is 2. The quantitative estimate of drug-likeness (QED) is 0.0364. The number of rotatable bonds is 5. The number of allylic oxidation sites excluding steroid dienone is 2. The molecule has 5 aromatic rings. The van der Waals surface area contributed by atoms with Gasteiger partial charge in [-0.2, -0.15) is 0 Å². The van der Waals surface area contributed by atoms with Gasteiger partial charge < -0.3 is 5.11 Å². The van der Waals surface area contributed by atoms with Gasteiger partial charge in [0.25, 0.3) is 11.8 Å². The maximum Gasteiger partial charge on any atom is 0.258 e. The van der Waals surface area contributed by atoms with Crippen LogP contribution in [0.1, 0.15) is 40.2 Å². The van der Waals surface area contributed by atoms with Gasteiger partial charge in [-0.25, -0.2) is 26.9 Å². The molecule has 292 valence electrons. The molecule has 2 aliphatic carbocycles. The number of benzene rings is 5. The molecular formula is C43H25Cl2F5N2O6. The highest BCUT2D eigenvalue weighted by Crippen LogP contribution is 2.67. The van der Waals surface area contributed by atoms with E-state index in [4.69, 9.17) is 23.2 Å². The summed E-state index contributed by atoms with van der Waals surface area (Å²) in [5, 5.41) is 12.6. The fourth-order valence-corrected chi connectivity index (χ4v) is 10.1. The topological polar surface area (TPSA) is 112 Å². The number of carbonyl (C=O) groups is 5. The fraction of sp³-hybridized carbons (Fsp3) is 0.186. The van der Waals surface area contributed by atoms with Crippen LogP contribution < -0.4 is 9.80 Å². The zero-order valence-electron chi connectivity index (χ0n) is 29.5. The van der Waals surface area contributed by atoms with Crippen molar-refractivity contribution in [3.05, 3.63) is 148 Å². The molecule has 0 radical (unpaired) electrons. The van der Waals surface area contributed by atoms with E-state index in [1.165, 1.54) is 30.3 Å². The third-order valence-electron chi connectivity index (χ3n) is 11.9. The smallest absolute Gasteiger partial charge is 0.258 e. The first kappa shape index (κ1) is 37.6. The number of imide groups is 2. The van der Waals surface area contributed by atoms with E-state index in [-0.39, 0.29) is 44.9 Å². The van der Waals surface area contributed by atoms with Crippen molar-refractivity contribution in [3.8, 4) is 5.75 Å². The molecule has 9 rings (SSSR count). The SMILES string of the molecule is O=C(c1ccccc1)c1ccc(N2C(=O)C3CC=C4C(CC5(Cl)C(=O)N(c6c(F)c(F)c(F)c(F)c6F)C(=O)C5(Cl)C4c4ccc5ccccc5c4O)C3C2=O)cc1. The number of carbonyl (C=O) groups excluding carboxylic acids is 5. The number of phenolic OH excluding ortho intramolecular Hbond substituents is 1. The molecule has 1 N–H and O–H groups in total. The molecule has 0 spiro atoms. The van der Waals surface area contributed by atoms with Crippen LogP contribution in [0.2, 0.25) is 0 Å². The van der Waals surface area contributed by atoms with E-state index in [9.17, 15) is 42.3 Å². The van der Waals surface area contributed by atoms with Gasteiger partial charge in [-0.1, -0.05) is 78.4 Å². The molecule has 6 atom stereocenters. The van der Waals surface area contributed by atoms with Crippen molar-refractivity contribution in [1.29, 1.82) is 0 Å². The Labute approximate surface area is 335 Å². The number of amides is 4. The van der Waals surface area contributed by atoms with Crippen molar-refractivity contribution in [3.63, 3.8) is 0 Å². The molecule has 0 aromatic heterocycles. The van der Waals surface area contributed by atoms with Crippen LogP contribution in [0.5, 0.6) is 5.75 Å². The summed E-state index contributed by atoms with van der Waals surface area (Å²) < 4.78 is 74.2. The van der Waals surface area contributed by atoms with E-state index in [0.29, 0.717) is 10.9 Å². The third kappa shape index (κ3) is 4.89. The van der Waals surface area contributed by atoms with E-state index in [1.807, 2.05) is 0 Å². The Hall–Kier alpha value is -5.92. The second-order valence-electron chi connectivity index (χ2n) is 14.7. The number of hydrogen-bond acceptors (Lipinski definition) is 6. The summed E-state index contributed by atoms with van der Waals surface area (Å²) in [6, 6.07) is 23.7. The summed E-state index contributed by atoms with van der Waals surface area (Å²) in [5.41, 5.74) is -0.977. The number of phenols is 1. The van der Waals surface area contributed by atoms with Crippen LogP contribution in [0.15, 0.2) is 103 Å². The largest absolute Gasteiger partial charge is 0.507 e. The second-order valence-corrected chi connectivity index (χ2v) is 15.9. The van der Waals surface area contributed by atoms with Crippen LogP contribution in [-0.2, 0) is 19.2 Å². The highest BCUT2D eigenvalue weighted by atomic mass is 35.5. The summed E-state index contributed by atoms with van der Waals surface area (Å²) >= 11 is 14.5. The Morgan fingerprint density at radius 1 is 0.672 bits per heavy atom. The molecular weight excluding hydrogens is 806 g/mol. The third-order valence-corrected chi connectivity index (χ3v) is 13.3. The standard InChI is InChI=1S/C43H25Cl2F5N2O6/c44-42-18-27-24(16-17-25-28(27)39(56)51(38(25)55)22-13-10-21(11-14-22)36(53)20-7-2-1-3-8-20)29(26-15-12-19-6-4-5-9-23(19)37(26)54)43(42,45)41(58)52(40(42)57)35-33(49)31(47)30(46)32(48)34(35)50/h1-16,25,27-29,54H,17-18H2. The van der Waals surface area contributed by atoms with E-state index in [1.54, 1.807) is 66.7 Å². The van der Waals surface area contributed by atoms with Gasteiger partial charge in [0.15, 0.2) is 38.8 Å². The van der Waals surface area contributed by atoms with Crippen molar-refractivity contribution in [2.45, 2.75) is 28.5 Å². The van der Waals surface area contributed by atoms with Gasteiger partial charge in [0.05, 0.1) is 17.5 Å². The highest BCUT2D eigenvalue weighted by molar-refractivity contribution is 6.58. The Balaban J connectivity index is 1.18. The molecule has 1 saturated carbocycles. The molecule has 2 aliphatic heterocycles. The number of hydrogen-bond donors (Lipinski definition) is 1. The molecule has 4 aliphatic rings.